The Morgan fingerprint density at radius 1 is 1.20 bits per heavy atom. The molecule has 0 spiro atoms. The average Bonchev–Trinajstić information content (AvgIpc) is 2.46. The fourth-order valence-corrected chi connectivity index (χ4v) is 2.82. The van der Waals surface area contributed by atoms with Gasteiger partial charge >= 0.3 is 0 Å². The Balaban J connectivity index is 2.53. The Kier molecular flexibility index (Phi) is 4.86. The summed E-state index contributed by atoms with van der Waals surface area (Å²) in [5, 5.41) is 10.9. The fourth-order valence-electron chi connectivity index (χ4n) is 1.91. The monoisotopic (exact) mass is 357 g/mol. The zero-order valence-electron chi connectivity index (χ0n) is 10.9. The Bertz CT molecular complexity index is 621. The number of aromatic nitrogens is 1. The molecule has 0 fully saturated rings. The molecule has 0 amide bonds. The number of nitrogens with zero attached hydrogens (tertiary/aromatic N) is 1. The summed E-state index contributed by atoms with van der Waals surface area (Å²) in [6.45, 7) is 0. The molecule has 4 nitrogen and oxygen atoms in total. The molecule has 1 aromatic carbocycles. The number of aliphatic hydroxyl groups excluding tert-OH is 1. The van der Waals surface area contributed by atoms with Gasteiger partial charge in [-0.15, -0.1) is 0 Å². The van der Waals surface area contributed by atoms with E-state index < -0.39 is 6.10 Å². The van der Waals surface area contributed by atoms with Gasteiger partial charge in [-0.1, -0.05) is 11.6 Å². The molecule has 0 aliphatic heterocycles. The number of halogens is 2. The Morgan fingerprint density at radius 3 is 2.55 bits per heavy atom. The van der Waals surface area contributed by atoms with Gasteiger partial charge in [0, 0.05) is 23.5 Å². The normalized spacial score (nSPS) is 12.1. The van der Waals surface area contributed by atoms with E-state index in [1.54, 1.807) is 31.5 Å². The zero-order chi connectivity index (χ0) is 14.7. The van der Waals surface area contributed by atoms with Crippen LogP contribution in [0.25, 0.3) is 0 Å². The van der Waals surface area contributed by atoms with Gasteiger partial charge in [0.2, 0.25) is 0 Å². The van der Waals surface area contributed by atoms with E-state index in [0.29, 0.717) is 32.1 Å². The molecule has 6 heteroatoms. The number of hydrogen-bond donors (Lipinski definition) is 1. The highest BCUT2D eigenvalue weighted by molar-refractivity contribution is 9.10. The molecule has 1 aromatic heterocycles. The molecule has 0 aliphatic rings. The smallest absolute Gasteiger partial charge is 0.142 e. The maximum absolute atomic E-state index is 10.5. The van der Waals surface area contributed by atoms with E-state index in [2.05, 4.69) is 20.9 Å². The van der Waals surface area contributed by atoms with E-state index >= 15 is 0 Å². The van der Waals surface area contributed by atoms with Crippen molar-refractivity contribution in [2.45, 2.75) is 6.10 Å². The number of benzene rings is 1. The molecule has 1 heterocycles. The van der Waals surface area contributed by atoms with Gasteiger partial charge in [-0.3, -0.25) is 4.98 Å². The van der Waals surface area contributed by atoms with Crippen LogP contribution in [0.4, 0.5) is 0 Å². The van der Waals surface area contributed by atoms with Crippen molar-refractivity contribution in [3.63, 3.8) is 0 Å². The zero-order valence-corrected chi connectivity index (χ0v) is 13.3. The first-order valence-corrected chi connectivity index (χ1v) is 6.95. The van der Waals surface area contributed by atoms with Crippen molar-refractivity contribution < 1.29 is 14.6 Å². The summed E-state index contributed by atoms with van der Waals surface area (Å²) in [7, 11) is 3.10. The molecule has 0 bridgehead atoms. The van der Waals surface area contributed by atoms with Gasteiger partial charge in [0.15, 0.2) is 0 Å². The molecule has 0 radical (unpaired) electrons. The van der Waals surface area contributed by atoms with Gasteiger partial charge < -0.3 is 14.6 Å². The van der Waals surface area contributed by atoms with Crippen LogP contribution in [0.1, 0.15) is 17.2 Å². The number of rotatable bonds is 4. The van der Waals surface area contributed by atoms with Crippen LogP contribution in [0.5, 0.6) is 11.5 Å². The molecule has 0 aliphatic carbocycles. The van der Waals surface area contributed by atoms with E-state index in [-0.39, 0.29) is 0 Å². The highest BCUT2D eigenvalue weighted by atomic mass is 79.9. The second-order valence-electron chi connectivity index (χ2n) is 4.00. The Hall–Kier alpha value is -1.30. The predicted octanol–water partition coefficient (Wildman–Crippen LogP) is 3.60. The van der Waals surface area contributed by atoms with Gasteiger partial charge in [0.25, 0.3) is 0 Å². The quantitative estimate of drug-likeness (QED) is 0.907. The van der Waals surface area contributed by atoms with E-state index in [1.165, 1.54) is 13.3 Å². The highest BCUT2D eigenvalue weighted by Crippen LogP contribution is 2.42. The fraction of sp³-hybridized carbons (Fsp3) is 0.214. The molecule has 2 aromatic rings. The lowest BCUT2D eigenvalue weighted by molar-refractivity contribution is 0.214. The molecule has 20 heavy (non-hydrogen) atoms. The molecule has 0 saturated heterocycles. The Labute approximate surface area is 130 Å². The van der Waals surface area contributed by atoms with Gasteiger partial charge in [-0.05, 0) is 34.1 Å². The lowest BCUT2D eigenvalue weighted by Crippen LogP contribution is -2.04. The summed E-state index contributed by atoms with van der Waals surface area (Å²) < 4.78 is 11.2. The van der Waals surface area contributed by atoms with Crippen LogP contribution < -0.4 is 9.47 Å². The first-order chi connectivity index (χ1) is 9.60. The largest absolute Gasteiger partial charge is 0.495 e. The summed E-state index contributed by atoms with van der Waals surface area (Å²) >= 11 is 9.47. The topological polar surface area (TPSA) is 51.6 Å². The molecule has 106 valence electrons. The van der Waals surface area contributed by atoms with Crippen LogP contribution in [0.2, 0.25) is 5.02 Å². The van der Waals surface area contributed by atoms with Gasteiger partial charge in [0.05, 0.1) is 19.2 Å². The van der Waals surface area contributed by atoms with Gasteiger partial charge in [0.1, 0.15) is 22.1 Å². The van der Waals surface area contributed by atoms with Crippen LogP contribution in [0, 0.1) is 0 Å². The minimum absolute atomic E-state index is 0.397. The molecular formula is C14H13BrClNO3. The molecule has 0 saturated carbocycles. The number of pyridine rings is 1. The van der Waals surface area contributed by atoms with E-state index in [4.69, 9.17) is 21.1 Å². The predicted molar refractivity (Wildman–Crippen MR) is 80.6 cm³/mol. The lowest BCUT2D eigenvalue weighted by Gasteiger charge is -2.18. The maximum Gasteiger partial charge on any atom is 0.142 e. The first kappa shape index (κ1) is 15.1. The standard InChI is InChI=1S/C14H13BrClNO3/c1-19-11-4-3-9(14(20-2)12(11)15)13(18)8-5-6-17-7-10(8)16/h3-7,13,18H,1-2H3. The Morgan fingerprint density at radius 2 is 1.95 bits per heavy atom. The minimum atomic E-state index is -0.914. The average molecular weight is 359 g/mol. The number of aliphatic hydroxyl groups is 1. The van der Waals surface area contributed by atoms with Crippen LogP contribution >= 0.6 is 27.5 Å². The third kappa shape index (κ3) is 2.75. The van der Waals surface area contributed by atoms with E-state index in [9.17, 15) is 5.11 Å². The molecular weight excluding hydrogens is 346 g/mol. The summed E-state index contributed by atoms with van der Waals surface area (Å²) in [6, 6.07) is 5.16. The second-order valence-corrected chi connectivity index (χ2v) is 5.20. The van der Waals surface area contributed by atoms with Crippen molar-refractivity contribution in [2.75, 3.05) is 14.2 Å². The van der Waals surface area contributed by atoms with Crippen molar-refractivity contribution in [3.8, 4) is 11.5 Å². The van der Waals surface area contributed by atoms with Crippen LogP contribution in [-0.2, 0) is 0 Å². The van der Waals surface area contributed by atoms with Crippen LogP contribution in [0.15, 0.2) is 35.1 Å². The van der Waals surface area contributed by atoms with Crippen molar-refractivity contribution >= 4 is 27.5 Å². The molecule has 1 unspecified atom stereocenters. The van der Waals surface area contributed by atoms with Crippen molar-refractivity contribution in [1.29, 1.82) is 0 Å². The highest BCUT2D eigenvalue weighted by Gasteiger charge is 2.21. The van der Waals surface area contributed by atoms with E-state index in [1.807, 2.05) is 0 Å². The lowest BCUT2D eigenvalue weighted by atomic mass is 10.0. The van der Waals surface area contributed by atoms with Crippen molar-refractivity contribution in [2.24, 2.45) is 0 Å². The number of methoxy groups -OCH3 is 2. The first-order valence-electron chi connectivity index (χ1n) is 5.78. The second kappa shape index (κ2) is 6.43. The maximum atomic E-state index is 10.5. The molecule has 1 N–H and O–H groups in total. The number of hydrogen-bond acceptors (Lipinski definition) is 4. The molecule has 1 atom stereocenters. The van der Waals surface area contributed by atoms with Gasteiger partial charge in [-0.25, -0.2) is 0 Å². The minimum Gasteiger partial charge on any atom is -0.495 e. The SMILES string of the molecule is COc1ccc(C(O)c2ccncc2Cl)c(OC)c1Br. The third-order valence-electron chi connectivity index (χ3n) is 2.91. The number of ether oxygens (including phenoxy) is 2. The summed E-state index contributed by atoms with van der Waals surface area (Å²) in [5.74, 6) is 1.13. The van der Waals surface area contributed by atoms with Crippen LogP contribution in [0.3, 0.4) is 0 Å². The summed E-state index contributed by atoms with van der Waals surface area (Å²) in [4.78, 5) is 3.90. The molecule has 2 rings (SSSR count). The van der Waals surface area contributed by atoms with Crippen LogP contribution in [-0.4, -0.2) is 24.3 Å². The van der Waals surface area contributed by atoms with Crippen molar-refractivity contribution in [1.82, 2.24) is 4.98 Å². The summed E-state index contributed by atoms with van der Waals surface area (Å²) in [6.07, 6.45) is 2.16. The third-order valence-corrected chi connectivity index (χ3v) is 3.98. The van der Waals surface area contributed by atoms with Crippen molar-refractivity contribution in [3.05, 3.63) is 51.2 Å². The van der Waals surface area contributed by atoms with Gasteiger partial charge in [-0.2, -0.15) is 0 Å². The summed E-state index contributed by atoms with van der Waals surface area (Å²) in [5.41, 5.74) is 1.16. The van der Waals surface area contributed by atoms with E-state index in [0.717, 1.165) is 0 Å².